The summed E-state index contributed by atoms with van der Waals surface area (Å²) in [6.45, 7) is 8.71. The predicted octanol–water partition coefficient (Wildman–Crippen LogP) is 3.50. The SMILES string of the molecule is CCOc1ccc(Nc2c(N)c(C)nn2C(C)C)cc1. The normalized spacial score (nSPS) is 10.8. The Morgan fingerprint density at radius 1 is 1.30 bits per heavy atom. The fraction of sp³-hybridized carbons (Fsp3) is 0.400. The van der Waals surface area contributed by atoms with Gasteiger partial charge in [0.15, 0.2) is 5.82 Å². The van der Waals surface area contributed by atoms with Crippen LogP contribution in [0.3, 0.4) is 0 Å². The molecule has 1 aromatic carbocycles. The van der Waals surface area contributed by atoms with Gasteiger partial charge in [0.25, 0.3) is 0 Å². The van der Waals surface area contributed by atoms with Crippen LogP contribution in [0.2, 0.25) is 0 Å². The molecule has 0 amide bonds. The van der Waals surface area contributed by atoms with Crippen LogP contribution in [0.1, 0.15) is 32.5 Å². The number of aromatic nitrogens is 2. The average Bonchev–Trinajstić information content (AvgIpc) is 2.70. The van der Waals surface area contributed by atoms with Crippen molar-refractivity contribution in [2.45, 2.75) is 33.7 Å². The summed E-state index contributed by atoms with van der Waals surface area (Å²) >= 11 is 0. The Morgan fingerprint density at radius 3 is 2.50 bits per heavy atom. The van der Waals surface area contributed by atoms with Crippen molar-refractivity contribution in [2.75, 3.05) is 17.7 Å². The second-order valence-electron chi connectivity index (χ2n) is 4.97. The molecule has 0 bridgehead atoms. The largest absolute Gasteiger partial charge is 0.494 e. The first-order valence-electron chi connectivity index (χ1n) is 6.87. The van der Waals surface area contributed by atoms with E-state index in [1.165, 1.54) is 0 Å². The Balaban J connectivity index is 2.25. The van der Waals surface area contributed by atoms with Crippen LogP contribution in [0.15, 0.2) is 24.3 Å². The van der Waals surface area contributed by atoms with Gasteiger partial charge in [-0.3, -0.25) is 0 Å². The minimum Gasteiger partial charge on any atom is -0.494 e. The molecule has 0 radical (unpaired) electrons. The van der Waals surface area contributed by atoms with Crippen molar-refractivity contribution < 1.29 is 4.74 Å². The van der Waals surface area contributed by atoms with Gasteiger partial charge in [-0.2, -0.15) is 5.10 Å². The molecule has 3 N–H and O–H groups in total. The average molecular weight is 274 g/mol. The molecule has 2 aromatic rings. The number of ether oxygens (including phenoxy) is 1. The zero-order valence-corrected chi connectivity index (χ0v) is 12.5. The van der Waals surface area contributed by atoms with E-state index in [2.05, 4.69) is 24.3 Å². The highest BCUT2D eigenvalue weighted by Gasteiger charge is 2.14. The summed E-state index contributed by atoms with van der Waals surface area (Å²) in [7, 11) is 0. The molecule has 108 valence electrons. The van der Waals surface area contributed by atoms with Crippen LogP contribution in [0, 0.1) is 6.92 Å². The molecule has 0 saturated heterocycles. The lowest BCUT2D eigenvalue weighted by Crippen LogP contribution is -2.08. The van der Waals surface area contributed by atoms with Crippen molar-refractivity contribution in [3.8, 4) is 5.75 Å². The van der Waals surface area contributed by atoms with Gasteiger partial charge >= 0.3 is 0 Å². The molecule has 0 saturated carbocycles. The van der Waals surface area contributed by atoms with Gasteiger partial charge in [0.05, 0.1) is 18.0 Å². The number of hydrogen-bond acceptors (Lipinski definition) is 4. The molecule has 0 aliphatic rings. The quantitative estimate of drug-likeness (QED) is 0.876. The summed E-state index contributed by atoms with van der Waals surface area (Å²) in [5.74, 6) is 1.70. The number of rotatable bonds is 5. The van der Waals surface area contributed by atoms with Gasteiger partial charge < -0.3 is 15.8 Å². The molecular formula is C15H22N4O. The Bertz CT molecular complexity index is 572. The van der Waals surface area contributed by atoms with E-state index in [0.717, 1.165) is 22.9 Å². The molecule has 0 spiro atoms. The van der Waals surface area contributed by atoms with E-state index in [-0.39, 0.29) is 6.04 Å². The Morgan fingerprint density at radius 2 is 1.95 bits per heavy atom. The zero-order valence-electron chi connectivity index (χ0n) is 12.5. The number of nitrogens with two attached hydrogens (primary N) is 1. The molecule has 5 heteroatoms. The maximum Gasteiger partial charge on any atom is 0.152 e. The van der Waals surface area contributed by atoms with Crippen molar-refractivity contribution in [1.29, 1.82) is 0 Å². The highest BCUT2D eigenvalue weighted by Crippen LogP contribution is 2.29. The number of aryl methyl sites for hydroxylation is 1. The van der Waals surface area contributed by atoms with Gasteiger partial charge in [0.2, 0.25) is 0 Å². The minimum atomic E-state index is 0.246. The standard InChI is InChI=1S/C15H22N4O/c1-5-20-13-8-6-12(7-9-13)17-15-14(16)11(4)18-19(15)10(2)3/h6-10,17H,5,16H2,1-4H3. The van der Waals surface area contributed by atoms with E-state index in [0.29, 0.717) is 12.3 Å². The third-order valence-corrected chi connectivity index (χ3v) is 3.05. The van der Waals surface area contributed by atoms with Gasteiger partial charge in [-0.1, -0.05) is 0 Å². The van der Waals surface area contributed by atoms with Gasteiger partial charge in [0, 0.05) is 11.7 Å². The van der Waals surface area contributed by atoms with Gasteiger partial charge in [0.1, 0.15) is 5.75 Å². The molecule has 0 aliphatic carbocycles. The second kappa shape index (κ2) is 5.86. The van der Waals surface area contributed by atoms with Crippen LogP contribution < -0.4 is 15.8 Å². The van der Waals surface area contributed by atoms with Gasteiger partial charge in [-0.05, 0) is 52.0 Å². The molecule has 20 heavy (non-hydrogen) atoms. The zero-order chi connectivity index (χ0) is 14.7. The Kier molecular flexibility index (Phi) is 4.17. The summed E-state index contributed by atoms with van der Waals surface area (Å²) in [4.78, 5) is 0. The Hall–Kier alpha value is -2.17. The molecule has 1 heterocycles. The lowest BCUT2D eigenvalue weighted by molar-refractivity contribution is 0.340. The Labute approximate surface area is 119 Å². The van der Waals surface area contributed by atoms with Crippen molar-refractivity contribution in [1.82, 2.24) is 9.78 Å². The van der Waals surface area contributed by atoms with E-state index < -0.39 is 0 Å². The fourth-order valence-electron chi connectivity index (χ4n) is 2.00. The first-order valence-corrected chi connectivity index (χ1v) is 6.87. The first-order chi connectivity index (χ1) is 9.52. The van der Waals surface area contributed by atoms with Crippen LogP contribution in [-0.2, 0) is 0 Å². The number of nitrogen functional groups attached to an aromatic ring is 1. The third-order valence-electron chi connectivity index (χ3n) is 3.05. The molecule has 0 atom stereocenters. The highest BCUT2D eigenvalue weighted by atomic mass is 16.5. The summed E-state index contributed by atoms with van der Waals surface area (Å²) in [6, 6.07) is 8.06. The monoisotopic (exact) mass is 274 g/mol. The van der Waals surface area contributed by atoms with Gasteiger partial charge in [-0.25, -0.2) is 4.68 Å². The highest BCUT2D eigenvalue weighted by molar-refractivity contribution is 5.71. The topological polar surface area (TPSA) is 65.1 Å². The number of hydrogen-bond donors (Lipinski definition) is 2. The number of nitrogens with one attached hydrogen (secondary N) is 1. The molecule has 2 rings (SSSR count). The summed E-state index contributed by atoms with van der Waals surface area (Å²) in [5, 5.41) is 7.79. The lowest BCUT2D eigenvalue weighted by atomic mass is 10.3. The summed E-state index contributed by atoms with van der Waals surface area (Å²) in [5.41, 5.74) is 8.58. The first kappa shape index (κ1) is 14.2. The summed E-state index contributed by atoms with van der Waals surface area (Å²) < 4.78 is 7.33. The maximum absolute atomic E-state index is 6.10. The number of benzene rings is 1. The van der Waals surface area contributed by atoms with Crippen LogP contribution >= 0.6 is 0 Å². The molecule has 1 aromatic heterocycles. The summed E-state index contributed by atoms with van der Waals surface area (Å²) in [6.07, 6.45) is 0. The second-order valence-corrected chi connectivity index (χ2v) is 4.97. The van der Waals surface area contributed by atoms with Crippen LogP contribution in [0.4, 0.5) is 17.2 Å². The number of anilines is 3. The van der Waals surface area contributed by atoms with Gasteiger partial charge in [-0.15, -0.1) is 0 Å². The predicted molar refractivity (Wildman–Crippen MR) is 82.7 cm³/mol. The van der Waals surface area contributed by atoms with Crippen LogP contribution in [-0.4, -0.2) is 16.4 Å². The minimum absolute atomic E-state index is 0.246. The third kappa shape index (κ3) is 2.87. The van der Waals surface area contributed by atoms with Crippen LogP contribution in [0.25, 0.3) is 0 Å². The van der Waals surface area contributed by atoms with E-state index in [1.807, 2.05) is 42.8 Å². The smallest absolute Gasteiger partial charge is 0.152 e. The van der Waals surface area contributed by atoms with E-state index >= 15 is 0 Å². The fourth-order valence-corrected chi connectivity index (χ4v) is 2.00. The molecular weight excluding hydrogens is 252 g/mol. The molecule has 5 nitrogen and oxygen atoms in total. The van der Waals surface area contributed by atoms with Crippen molar-refractivity contribution in [3.05, 3.63) is 30.0 Å². The maximum atomic E-state index is 6.10. The van der Waals surface area contributed by atoms with E-state index in [4.69, 9.17) is 10.5 Å². The lowest BCUT2D eigenvalue weighted by Gasteiger charge is -2.13. The molecule has 0 unspecified atom stereocenters. The van der Waals surface area contributed by atoms with Crippen molar-refractivity contribution in [3.63, 3.8) is 0 Å². The van der Waals surface area contributed by atoms with E-state index in [9.17, 15) is 0 Å². The molecule has 0 fully saturated rings. The number of nitrogens with zero attached hydrogens (tertiary/aromatic N) is 2. The van der Waals surface area contributed by atoms with Crippen LogP contribution in [0.5, 0.6) is 5.75 Å². The van der Waals surface area contributed by atoms with E-state index in [1.54, 1.807) is 0 Å². The molecule has 0 aliphatic heterocycles. The van der Waals surface area contributed by atoms with Crippen molar-refractivity contribution >= 4 is 17.2 Å². The van der Waals surface area contributed by atoms with Crippen molar-refractivity contribution in [2.24, 2.45) is 0 Å².